The number of esters is 1. The van der Waals surface area contributed by atoms with Gasteiger partial charge in [0.2, 0.25) is 0 Å². The Morgan fingerprint density at radius 3 is 2.50 bits per heavy atom. The Labute approximate surface area is 117 Å². The molecular weight excluding hydrogens is 257 g/mol. The van der Waals surface area contributed by atoms with Gasteiger partial charge >= 0.3 is 5.97 Å². The number of benzene rings is 1. The second-order valence-corrected chi connectivity index (χ2v) is 5.70. The standard InChI is InChI=1S/C16H16FNO2/c17-14-7-12(5-6-13(14)9-18)10-1-3-11(4-2-10)15-8-16(19)20-15/h5-7,10-11,15H,1-4,8H2. The molecular formula is C16H16FNO2. The van der Waals surface area contributed by atoms with E-state index in [-0.39, 0.29) is 17.6 Å². The highest BCUT2D eigenvalue weighted by Gasteiger charge is 2.37. The molecule has 1 heterocycles. The Kier molecular flexibility index (Phi) is 3.43. The summed E-state index contributed by atoms with van der Waals surface area (Å²) in [6, 6.07) is 6.75. The van der Waals surface area contributed by atoms with Crippen molar-refractivity contribution in [2.45, 2.75) is 44.1 Å². The van der Waals surface area contributed by atoms with Gasteiger partial charge in [-0.15, -0.1) is 0 Å². The molecule has 2 fully saturated rings. The van der Waals surface area contributed by atoms with Gasteiger partial charge in [-0.25, -0.2) is 4.39 Å². The Morgan fingerprint density at radius 2 is 1.95 bits per heavy atom. The summed E-state index contributed by atoms with van der Waals surface area (Å²) >= 11 is 0. The third-order valence-electron chi connectivity index (χ3n) is 4.53. The summed E-state index contributed by atoms with van der Waals surface area (Å²) in [6.07, 6.45) is 4.69. The average molecular weight is 273 g/mol. The summed E-state index contributed by atoms with van der Waals surface area (Å²) in [6.45, 7) is 0. The minimum Gasteiger partial charge on any atom is -0.461 e. The van der Waals surface area contributed by atoms with Crippen molar-refractivity contribution in [1.29, 1.82) is 5.26 Å². The van der Waals surface area contributed by atoms with Crippen molar-refractivity contribution in [3.63, 3.8) is 0 Å². The SMILES string of the molecule is N#Cc1ccc(C2CCC(C3CC(=O)O3)CC2)cc1F. The summed E-state index contributed by atoms with van der Waals surface area (Å²) in [4.78, 5) is 10.8. The molecule has 1 aliphatic carbocycles. The molecule has 0 bridgehead atoms. The maximum Gasteiger partial charge on any atom is 0.309 e. The highest BCUT2D eigenvalue weighted by Crippen LogP contribution is 2.40. The molecule has 3 rings (SSSR count). The second kappa shape index (κ2) is 5.24. The molecule has 0 aromatic heterocycles. The summed E-state index contributed by atoms with van der Waals surface area (Å²) in [5, 5.41) is 8.74. The first-order chi connectivity index (χ1) is 9.67. The van der Waals surface area contributed by atoms with Gasteiger partial charge in [-0.3, -0.25) is 4.79 Å². The molecule has 0 radical (unpaired) electrons. The van der Waals surface area contributed by atoms with E-state index in [0.29, 0.717) is 18.3 Å². The van der Waals surface area contributed by atoms with Crippen molar-refractivity contribution < 1.29 is 13.9 Å². The highest BCUT2D eigenvalue weighted by molar-refractivity contribution is 5.75. The number of ether oxygens (including phenoxy) is 1. The van der Waals surface area contributed by atoms with E-state index in [0.717, 1.165) is 31.2 Å². The first-order valence-electron chi connectivity index (χ1n) is 7.06. The van der Waals surface area contributed by atoms with E-state index in [9.17, 15) is 9.18 Å². The van der Waals surface area contributed by atoms with Gasteiger partial charge in [0.1, 0.15) is 18.0 Å². The molecule has 4 heteroatoms. The first kappa shape index (κ1) is 13.1. The quantitative estimate of drug-likeness (QED) is 0.777. The topological polar surface area (TPSA) is 50.1 Å². The summed E-state index contributed by atoms with van der Waals surface area (Å²) in [5.41, 5.74) is 1.08. The van der Waals surface area contributed by atoms with Gasteiger partial charge in [0.05, 0.1) is 12.0 Å². The molecule has 1 aromatic carbocycles. The van der Waals surface area contributed by atoms with Crippen molar-refractivity contribution in [3.05, 3.63) is 35.1 Å². The molecule has 0 spiro atoms. The van der Waals surface area contributed by atoms with Crippen molar-refractivity contribution in [3.8, 4) is 6.07 Å². The van der Waals surface area contributed by atoms with E-state index in [1.807, 2.05) is 12.1 Å². The maximum atomic E-state index is 13.6. The van der Waals surface area contributed by atoms with Gasteiger partial charge in [0, 0.05) is 0 Å². The van der Waals surface area contributed by atoms with Crippen LogP contribution in [0.1, 0.15) is 49.1 Å². The van der Waals surface area contributed by atoms with Crippen LogP contribution in [-0.4, -0.2) is 12.1 Å². The Balaban J connectivity index is 1.62. The highest BCUT2D eigenvalue weighted by atomic mass is 19.1. The summed E-state index contributed by atoms with van der Waals surface area (Å²) < 4.78 is 18.8. The molecule has 2 aliphatic rings. The largest absolute Gasteiger partial charge is 0.461 e. The van der Waals surface area contributed by atoms with Crippen LogP contribution in [0.25, 0.3) is 0 Å². The van der Waals surface area contributed by atoms with Crippen LogP contribution in [0.3, 0.4) is 0 Å². The fraction of sp³-hybridized carbons (Fsp3) is 0.500. The molecule has 0 amide bonds. The normalized spacial score (nSPS) is 29.2. The van der Waals surface area contributed by atoms with E-state index < -0.39 is 5.82 Å². The van der Waals surface area contributed by atoms with Crippen molar-refractivity contribution in [2.75, 3.05) is 0 Å². The fourth-order valence-corrected chi connectivity index (χ4v) is 3.29. The van der Waals surface area contributed by atoms with E-state index in [1.54, 1.807) is 6.07 Å². The molecule has 1 unspecified atom stereocenters. The average Bonchev–Trinajstić information content (AvgIpc) is 2.44. The van der Waals surface area contributed by atoms with Crippen molar-refractivity contribution in [2.24, 2.45) is 5.92 Å². The number of nitrogens with zero attached hydrogens (tertiary/aromatic N) is 1. The zero-order valence-electron chi connectivity index (χ0n) is 11.1. The molecule has 104 valence electrons. The monoisotopic (exact) mass is 273 g/mol. The number of carbonyl (C=O) groups excluding carboxylic acids is 1. The predicted molar refractivity (Wildman–Crippen MR) is 70.3 cm³/mol. The van der Waals surface area contributed by atoms with Crippen LogP contribution in [0.4, 0.5) is 4.39 Å². The lowest BCUT2D eigenvalue weighted by molar-refractivity contribution is -0.176. The van der Waals surface area contributed by atoms with Crippen LogP contribution in [0.15, 0.2) is 18.2 Å². The van der Waals surface area contributed by atoms with Gasteiger partial charge in [0.15, 0.2) is 0 Å². The Bertz CT molecular complexity index is 562. The van der Waals surface area contributed by atoms with Gasteiger partial charge in [-0.05, 0) is 55.2 Å². The summed E-state index contributed by atoms with van der Waals surface area (Å²) in [7, 11) is 0. The van der Waals surface area contributed by atoms with E-state index in [2.05, 4.69) is 0 Å². The fourth-order valence-electron chi connectivity index (χ4n) is 3.29. The molecule has 0 N–H and O–H groups in total. The minimum atomic E-state index is -0.431. The molecule has 1 saturated heterocycles. The minimum absolute atomic E-state index is 0.0914. The molecule has 1 aliphatic heterocycles. The lowest BCUT2D eigenvalue weighted by Gasteiger charge is -2.37. The molecule has 1 saturated carbocycles. The van der Waals surface area contributed by atoms with Crippen molar-refractivity contribution >= 4 is 5.97 Å². The zero-order chi connectivity index (χ0) is 14.1. The van der Waals surface area contributed by atoms with Gasteiger partial charge in [-0.2, -0.15) is 5.26 Å². The Hall–Kier alpha value is -1.89. The number of carbonyl (C=O) groups is 1. The van der Waals surface area contributed by atoms with Crippen LogP contribution >= 0.6 is 0 Å². The van der Waals surface area contributed by atoms with Crippen LogP contribution in [0.2, 0.25) is 0 Å². The van der Waals surface area contributed by atoms with Gasteiger partial charge in [0.25, 0.3) is 0 Å². The molecule has 3 nitrogen and oxygen atoms in total. The zero-order valence-corrected chi connectivity index (χ0v) is 11.1. The Morgan fingerprint density at radius 1 is 1.25 bits per heavy atom. The van der Waals surface area contributed by atoms with E-state index >= 15 is 0 Å². The van der Waals surface area contributed by atoms with E-state index in [4.69, 9.17) is 10.00 Å². The van der Waals surface area contributed by atoms with Crippen LogP contribution in [0, 0.1) is 23.1 Å². The third kappa shape index (κ3) is 2.40. The molecule has 20 heavy (non-hydrogen) atoms. The molecule has 1 aromatic rings. The van der Waals surface area contributed by atoms with Crippen LogP contribution in [-0.2, 0) is 9.53 Å². The number of hydrogen-bond donors (Lipinski definition) is 0. The number of rotatable bonds is 2. The lowest BCUT2D eigenvalue weighted by atomic mass is 9.75. The third-order valence-corrected chi connectivity index (χ3v) is 4.53. The first-order valence-corrected chi connectivity index (χ1v) is 7.06. The smallest absolute Gasteiger partial charge is 0.309 e. The second-order valence-electron chi connectivity index (χ2n) is 5.70. The lowest BCUT2D eigenvalue weighted by Crippen LogP contribution is -2.40. The number of halogens is 1. The number of cyclic esters (lactones) is 1. The maximum absolute atomic E-state index is 13.6. The van der Waals surface area contributed by atoms with Gasteiger partial charge < -0.3 is 4.74 Å². The van der Waals surface area contributed by atoms with E-state index in [1.165, 1.54) is 6.07 Å². The van der Waals surface area contributed by atoms with Gasteiger partial charge in [-0.1, -0.05) is 6.07 Å². The van der Waals surface area contributed by atoms with Crippen LogP contribution < -0.4 is 0 Å². The predicted octanol–water partition coefficient (Wildman–Crippen LogP) is 3.29. The number of nitriles is 1. The molecule has 1 atom stereocenters. The van der Waals surface area contributed by atoms with Crippen molar-refractivity contribution in [1.82, 2.24) is 0 Å². The number of hydrogen-bond acceptors (Lipinski definition) is 3. The summed E-state index contributed by atoms with van der Waals surface area (Å²) in [5.74, 6) is 0.294. The van der Waals surface area contributed by atoms with Crippen LogP contribution in [0.5, 0.6) is 0 Å².